The molecule has 0 bridgehead atoms. The van der Waals surface area contributed by atoms with Crippen molar-refractivity contribution in [2.75, 3.05) is 13.2 Å². The molecular formula is C13H23NO4. The Morgan fingerprint density at radius 1 is 1.44 bits per heavy atom. The average molecular weight is 257 g/mol. The van der Waals surface area contributed by atoms with Gasteiger partial charge in [0.1, 0.15) is 5.92 Å². The summed E-state index contributed by atoms with van der Waals surface area (Å²) in [4.78, 5) is 23.2. The summed E-state index contributed by atoms with van der Waals surface area (Å²) < 4.78 is 5.55. The smallest absolute Gasteiger partial charge is 0.316 e. The van der Waals surface area contributed by atoms with Gasteiger partial charge in [-0.1, -0.05) is 20.8 Å². The zero-order valence-electron chi connectivity index (χ0n) is 11.6. The molecule has 1 aliphatic heterocycles. The number of rotatable bonds is 4. The maximum atomic E-state index is 12.0. The van der Waals surface area contributed by atoms with Crippen molar-refractivity contribution in [2.45, 2.75) is 46.1 Å². The van der Waals surface area contributed by atoms with E-state index < -0.39 is 23.2 Å². The summed E-state index contributed by atoms with van der Waals surface area (Å²) in [6.45, 7) is 8.25. The molecule has 1 fully saturated rings. The van der Waals surface area contributed by atoms with Crippen LogP contribution in [0.5, 0.6) is 0 Å². The van der Waals surface area contributed by atoms with E-state index in [1.165, 1.54) is 0 Å². The van der Waals surface area contributed by atoms with E-state index in [2.05, 4.69) is 5.32 Å². The first kappa shape index (κ1) is 15.0. The number of carbonyl (C=O) groups is 2. The lowest BCUT2D eigenvalue weighted by atomic mass is 9.80. The Morgan fingerprint density at radius 2 is 2.06 bits per heavy atom. The largest absolute Gasteiger partial charge is 0.481 e. The number of aliphatic carboxylic acids is 1. The summed E-state index contributed by atoms with van der Waals surface area (Å²) in [5.74, 6) is -2.56. The van der Waals surface area contributed by atoms with Gasteiger partial charge in [0.25, 0.3) is 0 Å². The summed E-state index contributed by atoms with van der Waals surface area (Å²) in [6, 6.07) is 0. The number of nitrogens with one attached hydrogen (secondary N) is 1. The van der Waals surface area contributed by atoms with Crippen LogP contribution in [-0.2, 0) is 14.3 Å². The van der Waals surface area contributed by atoms with Gasteiger partial charge in [0.2, 0.25) is 5.91 Å². The van der Waals surface area contributed by atoms with Gasteiger partial charge in [0, 0.05) is 13.2 Å². The second-order valence-corrected chi connectivity index (χ2v) is 6.26. The Morgan fingerprint density at radius 3 is 2.44 bits per heavy atom. The van der Waals surface area contributed by atoms with Crippen LogP contribution in [0.4, 0.5) is 0 Å². The molecule has 2 atom stereocenters. The minimum absolute atomic E-state index is 0.351. The van der Waals surface area contributed by atoms with Crippen LogP contribution in [0.25, 0.3) is 0 Å². The van der Waals surface area contributed by atoms with Crippen LogP contribution >= 0.6 is 0 Å². The molecule has 1 rings (SSSR count). The number of hydrogen-bond donors (Lipinski definition) is 2. The Balaban J connectivity index is 2.60. The molecule has 1 saturated heterocycles. The van der Waals surface area contributed by atoms with Crippen LogP contribution in [0.1, 0.15) is 40.5 Å². The van der Waals surface area contributed by atoms with E-state index in [9.17, 15) is 9.59 Å². The first-order valence-electron chi connectivity index (χ1n) is 6.30. The van der Waals surface area contributed by atoms with Crippen LogP contribution in [0, 0.1) is 11.3 Å². The highest BCUT2D eigenvalue weighted by atomic mass is 16.5. The van der Waals surface area contributed by atoms with E-state index in [-0.39, 0.29) is 5.60 Å². The molecule has 0 aromatic carbocycles. The summed E-state index contributed by atoms with van der Waals surface area (Å²) >= 11 is 0. The van der Waals surface area contributed by atoms with Crippen molar-refractivity contribution in [1.82, 2.24) is 5.32 Å². The van der Waals surface area contributed by atoms with Crippen LogP contribution in [0.2, 0.25) is 0 Å². The predicted octanol–water partition coefficient (Wildman–Crippen LogP) is 1.42. The molecule has 2 unspecified atom stereocenters. The van der Waals surface area contributed by atoms with Crippen LogP contribution in [0.3, 0.4) is 0 Å². The summed E-state index contributed by atoms with van der Waals surface area (Å²) in [7, 11) is 0. The van der Waals surface area contributed by atoms with Gasteiger partial charge in [0.05, 0.1) is 5.60 Å². The maximum absolute atomic E-state index is 12.0. The van der Waals surface area contributed by atoms with Gasteiger partial charge < -0.3 is 15.2 Å². The van der Waals surface area contributed by atoms with Crippen molar-refractivity contribution in [3.8, 4) is 0 Å². The van der Waals surface area contributed by atoms with E-state index in [0.717, 1.165) is 12.8 Å². The number of carbonyl (C=O) groups excluding carboxylic acids is 1. The molecule has 2 N–H and O–H groups in total. The molecule has 0 aromatic rings. The average Bonchev–Trinajstić information content (AvgIpc) is 2.60. The number of amides is 1. The van der Waals surface area contributed by atoms with Crippen molar-refractivity contribution in [1.29, 1.82) is 0 Å². The van der Waals surface area contributed by atoms with Crippen molar-refractivity contribution < 1.29 is 19.4 Å². The van der Waals surface area contributed by atoms with Gasteiger partial charge in [-0.2, -0.15) is 0 Å². The third-order valence-corrected chi connectivity index (χ3v) is 3.31. The molecule has 0 saturated carbocycles. The zero-order valence-corrected chi connectivity index (χ0v) is 11.6. The van der Waals surface area contributed by atoms with Crippen LogP contribution in [0.15, 0.2) is 0 Å². The van der Waals surface area contributed by atoms with Crippen molar-refractivity contribution in [3.63, 3.8) is 0 Å². The third kappa shape index (κ3) is 3.70. The topological polar surface area (TPSA) is 75.6 Å². The molecule has 0 radical (unpaired) electrons. The molecule has 104 valence electrons. The maximum Gasteiger partial charge on any atom is 0.316 e. The Bertz CT molecular complexity index is 326. The fourth-order valence-electron chi connectivity index (χ4n) is 2.23. The summed E-state index contributed by atoms with van der Waals surface area (Å²) in [6.07, 6.45) is 1.87. The van der Waals surface area contributed by atoms with Crippen LogP contribution < -0.4 is 5.32 Å². The highest BCUT2D eigenvalue weighted by Crippen LogP contribution is 2.27. The lowest BCUT2D eigenvalue weighted by molar-refractivity contribution is -0.152. The van der Waals surface area contributed by atoms with E-state index in [1.54, 1.807) is 20.8 Å². The molecule has 1 amide bonds. The molecule has 0 aromatic heterocycles. The van der Waals surface area contributed by atoms with Crippen molar-refractivity contribution >= 4 is 11.9 Å². The zero-order chi connectivity index (χ0) is 14.0. The van der Waals surface area contributed by atoms with Gasteiger partial charge in [0.15, 0.2) is 0 Å². The monoisotopic (exact) mass is 257 g/mol. The molecule has 5 heteroatoms. The summed E-state index contributed by atoms with van der Waals surface area (Å²) in [5, 5.41) is 11.9. The molecule has 5 nitrogen and oxygen atoms in total. The second kappa shape index (κ2) is 5.26. The molecular weight excluding hydrogens is 234 g/mol. The minimum Gasteiger partial charge on any atom is -0.481 e. The SMILES string of the molecule is CC1(CNC(=O)C(C(=O)O)C(C)(C)C)CCCO1. The first-order chi connectivity index (χ1) is 8.16. The Labute approximate surface area is 108 Å². The number of carboxylic acids is 1. The molecule has 1 heterocycles. The highest BCUT2D eigenvalue weighted by Gasteiger charge is 2.39. The van der Waals surface area contributed by atoms with Gasteiger partial charge in [-0.3, -0.25) is 9.59 Å². The number of hydrogen-bond acceptors (Lipinski definition) is 3. The molecule has 18 heavy (non-hydrogen) atoms. The quantitative estimate of drug-likeness (QED) is 0.747. The van der Waals surface area contributed by atoms with E-state index in [4.69, 9.17) is 9.84 Å². The Kier molecular flexibility index (Phi) is 4.37. The normalized spacial score (nSPS) is 25.8. The van der Waals surface area contributed by atoms with Gasteiger partial charge in [-0.25, -0.2) is 0 Å². The lowest BCUT2D eigenvalue weighted by Crippen LogP contribution is -2.47. The van der Waals surface area contributed by atoms with Crippen LogP contribution in [-0.4, -0.2) is 35.7 Å². The molecule has 1 aliphatic rings. The molecule has 0 aliphatic carbocycles. The van der Waals surface area contributed by atoms with Gasteiger partial charge >= 0.3 is 5.97 Å². The van der Waals surface area contributed by atoms with Gasteiger partial charge in [-0.05, 0) is 25.2 Å². The fraction of sp³-hybridized carbons (Fsp3) is 0.846. The second-order valence-electron chi connectivity index (χ2n) is 6.26. The van der Waals surface area contributed by atoms with Crippen molar-refractivity contribution in [2.24, 2.45) is 11.3 Å². The van der Waals surface area contributed by atoms with E-state index >= 15 is 0 Å². The standard InChI is InChI=1S/C13H23NO4/c1-12(2,3)9(11(16)17)10(15)14-8-13(4)6-5-7-18-13/h9H,5-8H2,1-4H3,(H,14,15)(H,16,17). The number of carboxylic acid groups (broad SMARTS) is 1. The fourth-order valence-corrected chi connectivity index (χ4v) is 2.23. The number of ether oxygens (including phenoxy) is 1. The highest BCUT2D eigenvalue weighted by molar-refractivity contribution is 5.97. The van der Waals surface area contributed by atoms with Crippen molar-refractivity contribution in [3.05, 3.63) is 0 Å². The van der Waals surface area contributed by atoms with E-state index in [0.29, 0.717) is 13.2 Å². The van der Waals surface area contributed by atoms with E-state index in [1.807, 2.05) is 6.92 Å². The molecule has 0 spiro atoms. The summed E-state index contributed by atoms with van der Waals surface area (Å²) in [5.41, 5.74) is -0.954. The third-order valence-electron chi connectivity index (χ3n) is 3.31. The first-order valence-corrected chi connectivity index (χ1v) is 6.30. The Hall–Kier alpha value is -1.10. The predicted molar refractivity (Wildman–Crippen MR) is 67.2 cm³/mol. The minimum atomic E-state index is -1.09. The van der Waals surface area contributed by atoms with Gasteiger partial charge in [-0.15, -0.1) is 0 Å². The lowest BCUT2D eigenvalue weighted by Gasteiger charge is -2.28.